The van der Waals surface area contributed by atoms with E-state index in [0.717, 1.165) is 0 Å². The van der Waals surface area contributed by atoms with E-state index in [1.54, 1.807) is 27.7 Å². The Morgan fingerprint density at radius 1 is 0.880 bits per heavy atom. The summed E-state index contributed by atoms with van der Waals surface area (Å²) in [6.07, 6.45) is -4.89. The first-order chi connectivity index (χ1) is 10.8. The summed E-state index contributed by atoms with van der Waals surface area (Å²) in [6.45, 7) is 6.73. The minimum absolute atomic E-state index is 0. The van der Waals surface area contributed by atoms with Crippen molar-refractivity contribution in [3.8, 4) is 0 Å². The molecule has 0 aliphatic carbocycles. The number of aliphatic hydroxyl groups excluding tert-OH is 2. The van der Waals surface area contributed by atoms with Crippen molar-refractivity contribution in [2.75, 3.05) is 13.2 Å². The zero-order valence-corrected chi connectivity index (χ0v) is 16.8. The number of aliphatic carboxylic acids is 2. The fourth-order valence-corrected chi connectivity index (χ4v) is 2.05. The Hall–Kier alpha value is -0.0403. The molecule has 2 heterocycles. The molecule has 0 aromatic rings. The van der Waals surface area contributed by atoms with Gasteiger partial charge in [-0.1, -0.05) is 0 Å². The van der Waals surface area contributed by atoms with Crippen LogP contribution in [0.1, 0.15) is 27.7 Å². The fraction of sp³-hybridized carbons (Fsp3) is 0.857. The molecule has 2 aliphatic heterocycles. The zero-order chi connectivity index (χ0) is 18.7. The maximum atomic E-state index is 10.2. The molecule has 0 amide bonds. The minimum Gasteiger partial charge on any atom is -0.547 e. The van der Waals surface area contributed by atoms with Crippen LogP contribution >= 0.6 is 0 Å². The van der Waals surface area contributed by atoms with E-state index in [0.29, 0.717) is 0 Å². The monoisotopic (exact) mass is 390 g/mol. The Morgan fingerprint density at radius 2 is 1.16 bits per heavy atom. The normalized spacial score (nSPS) is 28.9. The van der Waals surface area contributed by atoms with Gasteiger partial charge in [0.05, 0.1) is 25.2 Å². The van der Waals surface area contributed by atoms with E-state index >= 15 is 0 Å². The molecule has 0 radical (unpaired) electrons. The van der Waals surface area contributed by atoms with Crippen LogP contribution in [-0.2, 0) is 28.5 Å². The molecule has 10 nitrogen and oxygen atoms in total. The Balaban J connectivity index is 0.000000443. The predicted octanol–water partition coefficient (Wildman–Crippen LogP) is -3.88. The molecule has 0 unspecified atom stereocenters. The van der Waals surface area contributed by atoms with Crippen molar-refractivity contribution in [2.45, 2.75) is 63.7 Å². The summed E-state index contributed by atoms with van der Waals surface area (Å²) in [5, 5.41) is 38.4. The van der Waals surface area contributed by atoms with Gasteiger partial charge in [-0.15, -0.1) is 0 Å². The summed E-state index contributed by atoms with van der Waals surface area (Å²) in [6, 6.07) is 0. The van der Waals surface area contributed by atoms with Crippen molar-refractivity contribution in [1.29, 1.82) is 0 Å². The Kier molecular flexibility index (Phi) is 9.75. The van der Waals surface area contributed by atoms with Crippen LogP contribution in [0.25, 0.3) is 0 Å². The number of carbonyl (C=O) groups is 2. The third-order valence-corrected chi connectivity index (χ3v) is 3.25. The SMILES string of the molecule is CC1(C)OC[C@H]([C@H](O)C(=O)[O-])O1.CC1(C)OC[C@H]([C@H](O)C(=O)[O-])O1.[Ca+2]. The summed E-state index contributed by atoms with van der Waals surface area (Å²) in [7, 11) is 0. The molecule has 140 valence electrons. The molecule has 0 bridgehead atoms. The topological polar surface area (TPSA) is 158 Å². The van der Waals surface area contributed by atoms with E-state index in [4.69, 9.17) is 29.2 Å². The van der Waals surface area contributed by atoms with E-state index in [1.807, 2.05) is 0 Å². The number of hydrogen-bond acceptors (Lipinski definition) is 10. The molecule has 2 saturated heterocycles. The average Bonchev–Trinajstić information content (AvgIpc) is 2.99. The molecule has 2 fully saturated rings. The Morgan fingerprint density at radius 3 is 1.32 bits per heavy atom. The van der Waals surface area contributed by atoms with Gasteiger partial charge in [0.25, 0.3) is 0 Å². The van der Waals surface area contributed by atoms with E-state index in [2.05, 4.69) is 0 Å². The zero-order valence-electron chi connectivity index (χ0n) is 14.6. The molecule has 2 N–H and O–H groups in total. The third kappa shape index (κ3) is 8.02. The first-order valence-corrected chi connectivity index (χ1v) is 7.26. The number of aliphatic hydroxyl groups is 2. The number of hydrogen-bond donors (Lipinski definition) is 2. The number of carbonyl (C=O) groups excluding carboxylic acids is 2. The first kappa shape index (κ1) is 25.0. The van der Waals surface area contributed by atoms with Crippen LogP contribution in [0.4, 0.5) is 0 Å². The van der Waals surface area contributed by atoms with Crippen molar-refractivity contribution < 1.29 is 49.0 Å². The first-order valence-electron chi connectivity index (χ1n) is 7.26. The van der Waals surface area contributed by atoms with Gasteiger partial charge in [-0.05, 0) is 27.7 Å². The summed E-state index contributed by atoms with van der Waals surface area (Å²) in [4.78, 5) is 20.4. The smallest absolute Gasteiger partial charge is 0.547 e. The number of carboxylic acid groups (broad SMARTS) is 2. The van der Waals surface area contributed by atoms with Crippen LogP contribution < -0.4 is 10.2 Å². The maximum absolute atomic E-state index is 10.2. The van der Waals surface area contributed by atoms with Crippen LogP contribution in [0.15, 0.2) is 0 Å². The quantitative estimate of drug-likeness (QED) is 0.455. The fourth-order valence-electron chi connectivity index (χ4n) is 2.05. The number of ether oxygens (including phenoxy) is 4. The molecule has 4 atom stereocenters. The molecular formula is C14H22CaO10. The van der Waals surface area contributed by atoms with Crippen LogP contribution in [0.3, 0.4) is 0 Å². The molecule has 2 aliphatic rings. The Labute approximate surface area is 175 Å². The third-order valence-electron chi connectivity index (χ3n) is 3.25. The van der Waals surface area contributed by atoms with Crippen LogP contribution in [-0.4, -0.2) is 109 Å². The van der Waals surface area contributed by atoms with Gasteiger partial charge >= 0.3 is 37.7 Å². The summed E-state index contributed by atoms with van der Waals surface area (Å²) >= 11 is 0. The maximum Gasteiger partial charge on any atom is 2.00 e. The molecule has 11 heteroatoms. The van der Waals surface area contributed by atoms with Crippen LogP contribution in [0, 0.1) is 0 Å². The second-order valence-corrected chi connectivity index (χ2v) is 6.26. The van der Waals surface area contributed by atoms with E-state index in [9.17, 15) is 19.8 Å². The van der Waals surface area contributed by atoms with Crippen LogP contribution in [0.5, 0.6) is 0 Å². The predicted molar refractivity (Wildman–Crippen MR) is 77.6 cm³/mol. The van der Waals surface area contributed by atoms with Gasteiger partial charge in [0.15, 0.2) is 11.6 Å². The standard InChI is InChI=1S/2C7H12O5.Ca/c2*1-7(2)11-3-4(12-7)5(8)6(9)10;/h2*4-5,8H,3H2,1-2H3,(H,9,10);/q;;+2/p-2/t2*4-,5+;/m11./s1. The summed E-state index contributed by atoms with van der Waals surface area (Å²) in [5.41, 5.74) is 0. The second kappa shape index (κ2) is 9.77. The van der Waals surface area contributed by atoms with Gasteiger partial charge in [0.2, 0.25) is 0 Å². The van der Waals surface area contributed by atoms with E-state index in [-0.39, 0.29) is 51.0 Å². The van der Waals surface area contributed by atoms with Crippen molar-refractivity contribution >= 4 is 49.7 Å². The second-order valence-electron chi connectivity index (χ2n) is 6.26. The molecule has 0 spiro atoms. The van der Waals surface area contributed by atoms with Crippen molar-refractivity contribution in [1.82, 2.24) is 0 Å². The minimum atomic E-state index is -1.62. The Bertz CT molecular complexity index is 425. The van der Waals surface area contributed by atoms with Gasteiger partial charge in [0, 0.05) is 0 Å². The average molecular weight is 390 g/mol. The van der Waals surface area contributed by atoms with Gasteiger partial charge in [0.1, 0.15) is 24.4 Å². The molecule has 25 heavy (non-hydrogen) atoms. The molecule has 0 saturated carbocycles. The molecular weight excluding hydrogens is 368 g/mol. The van der Waals surface area contributed by atoms with Gasteiger partial charge in [-0.25, -0.2) is 0 Å². The molecule has 2 rings (SSSR count). The van der Waals surface area contributed by atoms with Crippen molar-refractivity contribution in [3.05, 3.63) is 0 Å². The number of rotatable bonds is 4. The molecule has 0 aromatic heterocycles. The van der Waals surface area contributed by atoms with Gasteiger partial charge in [-0.3, -0.25) is 0 Å². The van der Waals surface area contributed by atoms with E-state index in [1.165, 1.54) is 0 Å². The van der Waals surface area contributed by atoms with Crippen LogP contribution in [0.2, 0.25) is 0 Å². The largest absolute Gasteiger partial charge is 2.00 e. The van der Waals surface area contributed by atoms with Gasteiger partial charge < -0.3 is 49.0 Å². The van der Waals surface area contributed by atoms with Crippen molar-refractivity contribution in [2.24, 2.45) is 0 Å². The van der Waals surface area contributed by atoms with Crippen molar-refractivity contribution in [3.63, 3.8) is 0 Å². The van der Waals surface area contributed by atoms with Gasteiger partial charge in [-0.2, -0.15) is 0 Å². The van der Waals surface area contributed by atoms with E-state index < -0.39 is 47.9 Å². The summed E-state index contributed by atoms with van der Waals surface area (Å²) < 4.78 is 20.3. The number of carboxylic acids is 2. The summed E-state index contributed by atoms with van der Waals surface area (Å²) in [5.74, 6) is -4.72. The molecule has 0 aromatic carbocycles.